The molecule has 0 saturated heterocycles. The Morgan fingerprint density at radius 3 is 2.45 bits per heavy atom. The Balaban J connectivity index is 0.00000261. The van der Waals surface area contributed by atoms with Gasteiger partial charge >= 0.3 is 0 Å². The molecule has 3 N–H and O–H groups in total. The number of hydrogen-bond donors (Lipinski definition) is 3. The summed E-state index contributed by atoms with van der Waals surface area (Å²) < 4.78 is 5.09. The number of nitrogens with one attached hydrogen (secondary N) is 3. The fourth-order valence-electron chi connectivity index (χ4n) is 2.60. The van der Waals surface area contributed by atoms with Gasteiger partial charge in [0, 0.05) is 43.9 Å². The standard InChI is InChI=1S/C19H24N6O.3ClH/c1-26-13-5-10-21-14-17(22-16-6-3-2-4-7-16)19-23-18(24-25-19)15-8-11-20-12-9-15;;;/h2-4,6-9,11-12,17,21-22H,5,10,13-14H2,1H3,(H,23,24,25);3*1H. The van der Waals surface area contributed by atoms with Gasteiger partial charge in [0.25, 0.3) is 0 Å². The predicted molar refractivity (Wildman–Crippen MR) is 124 cm³/mol. The maximum absolute atomic E-state index is 5.09. The first kappa shape index (κ1) is 27.1. The fourth-order valence-corrected chi connectivity index (χ4v) is 2.60. The van der Waals surface area contributed by atoms with Gasteiger partial charge in [-0.25, -0.2) is 4.98 Å². The van der Waals surface area contributed by atoms with Crippen LogP contribution in [0.15, 0.2) is 54.9 Å². The molecule has 1 atom stereocenters. The Bertz CT molecular complexity index is 776. The topological polar surface area (TPSA) is 87.8 Å². The van der Waals surface area contributed by atoms with E-state index in [1.165, 1.54) is 0 Å². The van der Waals surface area contributed by atoms with Gasteiger partial charge in [0.15, 0.2) is 5.82 Å². The summed E-state index contributed by atoms with van der Waals surface area (Å²) in [5.41, 5.74) is 1.98. The first-order valence-electron chi connectivity index (χ1n) is 8.71. The van der Waals surface area contributed by atoms with E-state index in [2.05, 4.69) is 30.8 Å². The summed E-state index contributed by atoms with van der Waals surface area (Å²) in [7, 11) is 1.72. The maximum Gasteiger partial charge on any atom is 0.181 e. The average molecular weight is 462 g/mol. The molecule has 0 fully saturated rings. The van der Waals surface area contributed by atoms with Crippen molar-refractivity contribution in [1.82, 2.24) is 25.5 Å². The van der Waals surface area contributed by atoms with Gasteiger partial charge in [-0.1, -0.05) is 18.2 Å². The highest BCUT2D eigenvalue weighted by Gasteiger charge is 2.16. The molecule has 2 aromatic heterocycles. The SMILES string of the molecule is COCCCNCC(Nc1ccccc1)c1nc(-c2ccncc2)n[nH]1.Cl.Cl.Cl. The van der Waals surface area contributed by atoms with E-state index < -0.39 is 0 Å². The first-order chi connectivity index (χ1) is 12.9. The van der Waals surface area contributed by atoms with Crippen molar-refractivity contribution in [3.63, 3.8) is 0 Å². The minimum absolute atomic E-state index is 0. The third-order valence-corrected chi connectivity index (χ3v) is 3.94. The number of rotatable bonds is 10. The molecule has 160 valence electrons. The van der Waals surface area contributed by atoms with Gasteiger partial charge in [-0.3, -0.25) is 10.1 Å². The molecule has 2 heterocycles. The number of nitrogens with zero attached hydrogens (tertiary/aromatic N) is 3. The van der Waals surface area contributed by atoms with E-state index in [0.29, 0.717) is 5.82 Å². The van der Waals surface area contributed by atoms with Crippen LogP contribution in [0, 0.1) is 0 Å². The van der Waals surface area contributed by atoms with E-state index in [1.54, 1.807) is 19.5 Å². The molecular formula is C19H27Cl3N6O. The van der Waals surface area contributed by atoms with Crippen LogP contribution in [0.5, 0.6) is 0 Å². The molecule has 0 spiro atoms. The highest BCUT2D eigenvalue weighted by atomic mass is 35.5. The van der Waals surface area contributed by atoms with Gasteiger partial charge in [0.05, 0.1) is 6.04 Å². The molecule has 3 rings (SSSR count). The van der Waals surface area contributed by atoms with Crippen molar-refractivity contribution in [3.8, 4) is 11.4 Å². The number of ether oxygens (including phenoxy) is 1. The number of para-hydroxylation sites is 1. The molecule has 0 bridgehead atoms. The molecule has 0 aliphatic rings. The lowest BCUT2D eigenvalue weighted by Crippen LogP contribution is -2.28. The number of H-pyrrole nitrogens is 1. The number of benzene rings is 1. The molecule has 0 aliphatic heterocycles. The number of aromatic nitrogens is 4. The van der Waals surface area contributed by atoms with Crippen LogP contribution in [-0.4, -0.2) is 47.0 Å². The van der Waals surface area contributed by atoms with Gasteiger partial charge in [0.2, 0.25) is 0 Å². The smallest absolute Gasteiger partial charge is 0.181 e. The minimum atomic E-state index is -0.0250. The van der Waals surface area contributed by atoms with Crippen LogP contribution in [-0.2, 0) is 4.74 Å². The Kier molecular flexibility index (Phi) is 14.0. The second-order valence-corrected chi connectivity index (χ2v) is 5.89. The lowest BCUT2D eigenvalue weighted by atomic mass is 10.2. The average Bonchev–Trinajstić information content (AvgIpc) is 3.18. The monoisotopic (exact) mass is 460 g/mol. The highest BCUT2D eigenvalue weighted by Crippen LogP contribution is 2.19. The number of anilines is 1. The van der Waals surface area contributed by atoms with Crippen molar-refractivity contribution < 1.29 is 4.74 Å². The van der Waals surface area contributed by atoms with Crippen LogP contribution in [0.2, 0.25) is 0 Å². The maximum atomic E-state index is 5.09. The molecule has 0 saturated carbocycles. The van der Waals surface area contributed by atoms with Gasteiger partial charge in [0.1, 0.15) is 5.82 Å². The predicted octanol–water partition coefficient (Wildman–Crippen LogP) is 3.91. The molecule has 0 aliphatic carbocycles. The minimum Gasteiger partial charge on any atom is -0.385 e. The molecule has 29 heavy (non-hydrogen) atoms. The van der Waals surface area contributed by atoms with Crippen molar-refractivity contribution in [1.29, 1.82) is 0 Å². The zero-order valence-corrected chi connectivity index (χ0v) is 18.5. The summed E-state index contributed by atoms with van der Waals surface area (Å²) in [4.78, 5) is 8.71. The zero-order valence-electron chi connectivity index (χ0n) is 16.1. The molecule has 1 unspecified atom stereocenters. The zero-order chi connectivity index (χ0) is 18.0. The van der Waals surface area contributed by atoms with Crippen molar-refractivity contribution in [2.24, 2.45) is 0 Å². The molecule has 0 radical (unpaired) electrons. The number of methoxy groups -OCH3 is 1. The molecule has 0 amide bonds. The number of hydrogen-bond acceptors (Lipinski definition) is 6. The fraction of sp³-hybridized carbons (Fsp3) is 0.316. The van der Waals surface area contributed by atoms with Crippen LogP contribution in [0.4, 0.5) is 5.69 Å². The second-order valence-electron chi connectivity index (χ2n) is 5.89. The highest BCUT2D eigenvalue weighted by molar-refractivity contribution is 5.86. The van der Waals surface area contributed by atoms with Gasteiger partial charge in [-0.05, 0) is 37.2 Å². The third kappa shape index (κ3) is 8.55. The van der Waals surface area contributed by atoms with E-state index in [9.17, 15) is 0 Å². The Labute approximate surface area is 189 Å². The molecule has 10 heteroatoms. The largest absolute Gasteiger partial charge is 0.385 e. The van der Waals surface area contributed by atoms with Gasteiger partial charge in [-0.15, -0.1) is 37.2 Å². The first-order valence-corrected chi connectivity index (χ1v) is 8.71. The van der Waals surface area contributed by atoms with Crippen LogP contribution >= 0.6 is 37.2 Å². The van der Waals surface area contributed by atoms with E-state index in [0.717, 1.165) is 43.2 Å². The van der Waals surface area contributed by atoms with Crippen LogP contribution in [0.3, 0.4) is 0 Å². The van der Waals surface area contributed by atoms with Crippen molar-refractivity contribution in [2.75, 3.05) is 32.1 Å². The summed E-state index contributed by atoms with van der Waals surface area (Å²) in [5, 5.41) is 14.4. The van der Waals surface area contributed by atoms with E-state index in [4.69, 9.17) is 4.74 Å². The summed E-state index contributed by atoms with van der Waals surface area (Å²) in [6, 6.07) is 13.9. The summed E-state index contributed by atoms with van der Waals surface area (Å²) in [5.74, 6) is 1.46. The van der Waals surface area contributed by atoms with Crippen molar-refractivity contribution in [3.05, 3.63) is 60.7 Å². The van der Waals surface area contributed by atoms with E-state index >= 15 is 0 Å². The summed E-state index contributed by atoms with van der Waals surface area (Å²) in [6.45, 7) is 2.36. The normalized spacial score (nSPS) is 10.8. The summed E-state index contributed by atoms with van der Waals surface area (Å²) in [6.07, 6.45) is 4.44. The third-order valence-electron chi connectivity index (χ3n) is 3.94. The van der Waals surface area contributed by atoms with Crippen molar-refractivity contribution >= 4 is 42.9 Å². The van der Waals surface area contributed by atoms with Crippen LogP contribution < -0.4 is 10.6 Å². The molecular weight excluding hydrogens is 435 g/mol. The number of pyridine rings is 1. The summed E-state index contributed by atoms with van der Waals surface area (Å²) >= 11 is 0. The second kappa shape index (κ2) is 15.0. The van der Waals surface area contributed by atoms with Gasteiger partial charge in [-0.2, -0.15) is 5.10 Å². The van der Waals surface area contributed by atoms with Gasteiger partial charge < -0.3 is 15.4 Å². The lowest BCUT2D eigenvalue weighted by molar-refractivity contribution is 0.194. The molecule has 1 aromatic carbocycles. The Morgan fingerprint density at radius 2 is 1.76 bits per heavy atom. The Morgan fingerprint density at radius 1 is 1.03 bits per heavy atom. The van der Waals surface area contributed by atoms with Crippen LogP contribution in [0.1, 0.15) is 18.3 Å². The van der Waals surface area contributed by atoms with E-state index in [-0.39, 0.29) is 43.3 Å². The number of halogens is 3. The Hall–Kier alpha value is -1.90. The van der Waals surface area contributed by atoms with E-state index in [1.807, 2.05) is 42.5 Å². The molecule has 7 nitrogen and oxygen atoms in total. The van der Waals surface area contributed by atoms with Crippen LogP contribution in [0.25, 0.3) is 11.4 Å². The number of aromatic amines is 1. The lowest BCUT2D eigenvalue weighted by Gasteiger charge is -2.18. The quantitative estimate of drug-likeness (QED) is 0.397. The van der Waals surface area contributed by atoms with Crippen molar-refractivity contribution in [2.45, 2.75) is 12.5 Å². The molecule has 3 aromatic rings.